The molecule has 16 heavy (non-hydrogen) atoms. The Morgan fingerprint density at radius 2 is 1.06 bits per heavy atom. The number of hydrogen-bond acceptors (Lipinski definition) is 2. The van der Waals surface area contributed by atoms with E-state index in [0.717, 1.165) is 11.4 Å². The van der Waals surface area contributed by atoms with Crippen LogP contribution in [-0.2, 0) is 0 Å². The molecule has 0 atom stereocenters. The summed E-state index contributed by atoms with van der Waals surface area (Å²) in [5.41, 5.74) is 2.25. The first kappa shape index (κ1) is 10.6. The average Bonchev–Trinajstić information content (AvgIpc) is 2.31. The van der Waals surface area contributed by atoms with Gasteiger partial charge < -0.3 is 10.6 Å². The normalized spacial score (nSPS) is 10.1. The zero-order valence-corrected chi connectivity index (χ0v) is 9.35. The zero-order chi connectivity index (χ0) is 11.2. The maximum absolute atomic E-state index is 3.38. The largest absolute Gasteiger partial charge is 0.366 e. The molecule has 0 aliphatic heterocycles. The van der Waals surface area contributed by atoms with Crippen molar-refractivity contribution in [2.24, 2.45) is 0 Å². The van der Waals surface area contributed by atoms with Crippen molar-refractivity contribution in [1.82, 2.24) is 0 Å². The lowest BCUT2D eigenvalue weighted by molar-refractivity contribution is 0.916. The Kier molecular flexibility index (Phi) is 3.44. The summed E-state index contributed by atoms with van der Waals surface area (Å²) in [4.78, 5) is 0. The van der Waals surface area contributed by atoms with Gasteiger partial charge in [-0.05, 0) is 31.2 Å². The summed E-state index contributed by atoms with van der Waals surface area (Å²) in [6.07, 6.45) is 0.199. The van der Waals surface area contributed by atoms with Gasteiger partial charge in [0.05, 0.1) is 6.17 Å². The highest BCUT2D eigenvalue weighted by Crippen LogP contribution is 2.10. The lowest BCUT2D eigenvalue weighted by Crippen LogP contribution is -2.24. The quantitative estimate of drug-likeness (QED) is 0.757. The van der Waals surface area contributed by atoms with E-state index in [0.29, 0.717) is 0 Å². The lowest BCUT2D eigenvalue weighted by atomic mass is 10.3. The van der Waals surface area contributed by atoms with Crippen LogP contribution in [0.15, 0.2) is 60.7 Å². The summed E-state index contributed by atoms with van der Waals surface area (Å²) in [7, 11) is 0. The molecule has 2 rings (SSSR count). The first-order valence-corrected chi connectivity index (χ1v) is 5.48. The van der Waals surface area contributed by atoms with Crippen molar-refractivity contribution in [2.45, 2.75) is 13.1 Å². The van der Waals surface area contributed by atoms with E-state index in [1.54, 1.807) is 0 Å². The molecule has 0 spiro atoms. The van der Waals surface area contributed by atoms with Gasteiger partial charge in [-0.15, -0.1) is 0 Å². The second-order valence-electron chi connectivity index (χ2n) is 3.74. The molecule has 0 bridgehead atoms. The maximum Gasteiger partial charge on any atom is 0.0934 e. The van der Waals surface area contributed by atoms with Gasteiger partial charge in [-0.2, -0.15) is 0 Å². The van der Waals surface area contributed by atoms with E-state index in [1.165, 1.54) is 0 Å². The smallest absolute Gasteiger partial charge is 0.0934 e. The standard InChI is InChI=1S/C14H16N2/c1-12(15-13-8-4-2-5-9-13)16-14-10-6-3-7-11-14/h2-12,15-16H,1H3. The fraction of sp³-hybridized carbons (Fsp3) is 0.143. The van der Waals surface area contributed by atoms with E-state index < -0.39 is 0 Å². The van der Waals surface area contributed by atoms with Crippen LogP contribution in [0.1, 0.15) is 6.92 Å². The molecule has 0 saturated carbocycles. The molecule has 0 aliphatic rings. The van der Waals surface area contributed by atoms with Crippen LogP contribution in [-0.4, -0.2) is 6.17 Å². The van der Waals surface area contributed by atoms with Crippen molar-refractivity contribution in [3.8, 4) is 0 Å². The summed E-state index contributed by atoms with van der Waals surface area (Å²) >= 11 is 0. The number of benzene rings is 2. The number of para-hydroxylation sites is 2. The van der Waals surface area contributed by atoms with Crippen molar-refractivity contribution in [2.75, 3.05) is 10.6 Å². The van der Waals surface area contributed by atoms with Crippen molar-refractivity contribution >= 4 is 11.4 Å². The van der Waals surface area contributed by atoms with Gasteiger partial charge in [0.25, 0.3) is 0 Å². The Balaban J connectivity index is 1.92. The molecule has 2 aromatic carbocycles. The summed E-state index contributed by atoms with van der Waals surface area (Å²) < 4.78 is 0. The molecular weight excluding hydrogens is 196 g/mol. The Morgan fingerprint density at radius 1 is 0.688 bits per heavy atom. The van der Waals surface area contributed by atoms with E-state index in [9.17, 15) is 0 Å². The van der Waals surface area contributed by atoms with Crippen molar-refractivity contribution in [3.63, 3.8) is 0 Å². The molecule has 0 radical (unpaired) electrons. The van der Waals surface area contributed by atoms with Crippen molar-refractivity contribution in [3.05, 3.63) is 60.7 Å². The highest BCUT2D eigenvalue weighted by Gasteiger charge is 1.99. The van der Waals surface area contributed by atoms with E-state index in [2.05, 4.69) is 41.8 Å². The van der Waals surface area contributed by atoms with Crippen molar-refractivity contribution < 1.29 is 0 Å². The van der Waals surface area contributed by atoms with Gasteiger partial charge in [0.2, 0.25) is 0 Å². The molecule has 0 fully saturated rings. The topological polar surface area (TPSA) is 24.1 Å². The van der Waals surface area contributed by atoms with Crippen LogP contribution in [0.5, 0.6) is 0 Å². The molecule has 0 saturated heterocycles. The van der Waals surface area contributed by atoms with Gasteiger partial charge in [0, 0.05) is 11.4 Å². The maximum atomic E-state index is 3.38. The summed E-state index contributed by atoms with van der Waals surface area (Å²) in [5, 5.41) is 6.76. The van der Waals surface area contributed by atoms with E-state index in [4.69, 9.17) is 0 Å². The third-order valence-electron chi connectivity index (χ3n) is 2.31. The van der Waals surface area contributed by atoms with E-state index in [1.807, 2.05) is 36.4 Å². The van der Waals surface area contributed by atoms with Gasteiger partial charge in [-0.25, -0.2) is 0 Å². The van der Waals surface area contributed by atoms with Crippen LogP contribution in [0, 0.1) is 0 Å². The highest BCUT2D eigenvalue weighted by atomic mass is 15.1. The molecule has 0 aromatic heterocycles. The minimum absolute atomic E-state index is 0.199. The van der Waals surface area contributed by atoms with Crippen LogP contribution in [0.2, 0.25) is 0 Å². The third kappa shape index (κ3) is 3.02. The van der Waals surface area contributed by atoms with E-state index >= 15 is 0 Å². The Hall–Kier alpha value is -1.96. The van der Waals surface area contributed by atoms with Gasteiger partial charge in [-0.1, -0.05) is 36.4 Å². The molecule has 2 nitrogen and oxygen atoms in total. The second kappa shape index (κ2) is 5.21. The molecule has 0 unspecified atom stereocenters. The number of nitrogens with one attached hydrogen (secondary N) is 2. The Morgan fingerprint density at radius 3 is 1.44 bits per heavy atom. The molecule has 82 valence electrons. The van der Waals surface area contributed by atoms with Crippen LogP contribution in [0.25, 0.3) is 0 Å². The highest BCUT2D eigenvalue weighted by molar-refractivity contribution is 5.48. The van der Waals surface area contributed by atoms with Crippen LogP contribution in [0.3, 0.4) is 0 Å². The van der Waals surface area contributed by atoms with Crippen LogP contribution >= 0.6 is 0 Å². The zero-order valence-electron chi connectivity index (χ0n) is 9.35. The van der Waals surface area contributed by atoms with Crippen molar-refractivity contribution in [1.29, 1.82) is 0 Å². The van der Waals surface area contributed by atoms with Crippen LogP contribution < -0.4 is 10.6 Å². The monoisotopic (exact) mass is 212 g/mol. The minimum Gasteiger partial charge on any atom is -0.366 e. The van der Waals surface area contributed by atoms with E-state index in [-0.39, 0.29) is 6.17 Å². The SMILES string of the molecule is CC(Nc1ccccc1)Nc1ccccc1. The average molecular weight is 212 g/mol. The van der Waals surface area contributed by atoms with Gasteiger partial charge in [0.1, 0.15) is 0 Å². The predicted octanol–water partition coefficient (Wildman–Crippen LogP) is 3.56. The molecule has 0 heterocycles. The molecule has 2 aromatic rings. The summed E-state index contributed by atoms with van der Waals surface area (Å²) in [6.45, 7) is 2.10. The Labute approximate surface area is 96.3 Å². The molecule has 0 amide bonds. The summed E-state index contributed by atoms with van der Waals surface area (Å²) in [6, 6.07) is 20.4. The first-order valence-electron chi connectivity index (χ1n) is 5.48. The van der Waals surface area contributed by atoms with Gasteiger partial charge in [-0.3, -0.25) is 0 Å². The number of anilines is 2. The molecular formula is C14H16N2. The van der Waals surface area contributed by atoms with Crippen LogP contribution in [0.4, 0.5) is 11.4 Å². The number of rotatable bonds is 4. The fourth-order valence-corrected chi connectivity index (χ4v) is 1.60. The van der Waals surface area contributed by atoms with Gasteiger partial charge >= 0.3 is 0 Å². The van der Waals surface area contributed by atoms with Gasteiger partial charge in [0.15, 0.2) is 0 Å². The third-order valence-corrected chi connectivity index (χ3v) is 2.31. The molecule has 2 N–H and O–H groups in total. The summed E-state index contributed by atoms with van der Waals surface area (Å²) in [5.74, 6) is 0. The first-order chi connectivity index (χ1) is 7.84. The predicted molar refractivity (Wildman–Crippen MR) is 69.6 cm³/mol. The number of hydrogen-bond donors (Lipinski definition) is 2. The minimum atomic E-state index is 0.199. The molecule has 0 aliphatic carbocycles. The fourth-order valence-electron chi connectivity index (χ4n) is 1.60. The lowest BCUT2D eigenvalue weighted by Gasteiger charge is -2.18. The Bertz CT molecular complexity index is 370. The molecule has 2 heteroatoms. The second-order valence-corrected chi connectivity index (χ2v) is 3.74.